The number of carbonyl (C=O) groups excluding carboxylic acids is 1. The quantitative estimate of drug-likeness (QED) is 0.636. The molecule has 2 N–H and O–H groups in total. The SMILES string of the molecule is CCCCCCCC(NC(=O)OC1CCCC1)C(=O)O. The van der Waals surface area contributed by atoms with Gasteiger partial charge < -0.3 is 15.2 Å². The minimum Gasteiger partial charge on any atom is -0.480 e. The molecule has 0 bridgehead atoms. The maximum atomic E-state index is 11.7. The zero-order valence-corrected chi connectivity index (χ0v) is 12.4. The number of carboxylic acid groups (broad SMARTS) is 1. The Morgan fingerprint density at radius 3 is 2.45 bits per heavy atom. The van der Waals surface area contributed by atoms with Gasteiger partial charge in [0.1, 0.15) is 12.1 Å². The number of hydrogen-bond acceptors (Lipinski definition) is 3. The minimum absolute atomic E-state index is 0.0333. The third-order valence-corrected chi connectivity index (χ3v) is 3.76. The number of amides is 1. The van der Waals surface area contributed by atoms with Crippen LogP contribution in [0.5, 0.6) is 0 Å². The molecular formula is C15H27NO4. The Balaban J connectivity index is 2.23. The first kappa shape index (κ1) is 16.8. The molecule has 0 aromatic rings. The lowest BCUT2D eigenvalue weighted by Crippen LogP contribution is -2.42. The van der Waals surface area contributed by atoms with E-state index in [1.807, 2.05) is 0 Å². The molecule has 1 aliphatic rings. The molecule has 20 heavy (non-hydrogen) atoms. The summed E-state index contributed by atoms with van der Waals surface area (Å²) in [6.07, 6.45) is 9.08. The maximum Gasteiger partial charge on any atom is 0.408 e. The van der Waals surface area contributed by atoms with Crippen LogP contribution < -0.4 is 5.32 Å². The second-order valence-corrected chi connectivity index (χ2v) is 5.55. The van der Waals surface area contributed by atoms with Crippen molar-refractivity contribution in [3.8, 4) is 0 Å². The standard InChI is InChI=1S/C15H27NO4/c1-2-3-4-5-6-11-13(14(17)18)16-15(19)20-12-9-7-8-10-12/h12-13H,2-11H2,1H3,(H,16,19)(H,17,18). The van der Waals surface area contributed by atoms with Crippen LogP contribution in [0, 0.1) is 0 Å². The zero-order chi connectivity index (χ0) is 14.8. The van der Waals surface area contributed by atoms with Crippen LogP contribution in [0.4, 0.5) is 4.79 Å². The zero-order valence-electron chi connectivity index (χ0n) is 12.4. The number of alkyl carbamates (subject to hydrolysis) is 1. The van der Waals surface area contributed by atoms with Crippen molar-refractivity contribution in [1.29, 1.82) is 0 Å². The summed E-state index contributed by atoms with van der Waals surface area (Å²) in [5.74, 6) is -0.983. The third kappa shape index (κ3) is 6.78. The summed E-state index contributed by atoms with van der Waals surface area (Å²) >= 11 is 0. The second-order valence-electron chi connectivity index (χ2n) is 5.55. The smallest absolute Gasteiger partial charge is 0.408 e. The van der Waals surface area contributed by atoms with Crippen molar-refractivity contribution >= 4 is 12.1 Å². The van der Waals surface area contributed by atoms with Crippen LogP contribution in [0.3, 0.4) is 0 Å². The monoisotopic (exact) mass is 285 g/mol. The van der Waals surface area contributed by atoms with E-state index in [0.29, 0.717) is 6.42 Å². The molecule has 1 unspecified atom stereocenters. The summed E-state index contributed by atoms with van der Waals surface area (Å²) in [7, 11) is 0. The predicted molar refractivity (Wildman–Crippen MR) is 76.7 cm³/mol. The predicted octanol–water partition coefficient (Wildman–Crippen LogP) is 3.47. The summed E-state index contributed by atoms with van der Waals surface area (Å²) in [6.45, 7) is 2.14. The van der Waals surface area contributed by atoms with E-state index in [2.05, 4.69) is 12.2 Å². The Morgan fingerprint density at radius 2 is 1.85 bits per heavy atom. The van der Waals surface area contributed by atoms with E-state index in [-0.39, 0.29) is 6.10 Å². The van der Waals surface area contributed by atoms with E-state index in [9.17, 15) is 9.59 Å². The normalized spacial score (nSPS) is 16.9. The summed E-state index contributed by atoms with van der Waals surface area (Å²) in [4.78, 5) is 22.8. The molecule has 5 nitrogen and oxygen atoms in total. The Bertz CT molecular complexity index is 300. The van der Waals surface area contributed by atoms with Crippen molar-refractivity contribution in [2.75, 3.05) is 0 Å². The van der Waals surface area contributed by atoms with Gasteiger partial charge in [0.2, 0.25) is 0 Å². The van der Waals surface area contributed by atoms with E-state index in [0.717, 1.165) is 51.4 Å². The summed E-state index contributed by atoms with van der Waals surface area (Å²) in [5.41, 5.74) is 0. The number of nitrogens with one attached hydrogen (secondary N) is 1. The molecule has 1 saturated carbocycles. The topological polar surface area (TPSA) is 75.6 Å². The van der Waals surface area contributed by atoms with Crippen molar-refractivity contribution in [1.82, 2.24) is 5.32 Å². The van der Waals surface area contributed by atoms with Gasteiger partial charge in [-0.2, -0.15) is 0 Å². The molecule has 1 fully saturated rings. The number of carbonyl (C=O) groups is 2. The van der Waals surface area contributed by atoms with E-state index in [4.69, 9.17) is 9.84 Å². The fourth-order valence-corrected chi connectivity index (χ4v) is 2.54. The number of carboxylic acids is 1. The Morgan fingerprint density at radius 1 is 1.20 bits per heavy atom. The molecule has 0 aliphatic heterocycles. The van der Waals surface area contributed by atoms with Crippen LogP contribution in [0.1, 0.15) is 71.1 Å². The van der Waals surface area contributed by atoms with E-state index >= 15 is 0 Å². The lowest BCUT2D eigenvalue weighted by molar-refractivity contribution is -0.139. The molecule has 116 valence electrons. The Kier molecular flexibility index (Phi) is 8.07. The second kappa shape index (κ2) is 9.61. The first-order valence-electron chi connectivity index (χ1n) is 7.83. The van der Waals surface area contributed by atoms with Crippen molar-refractivity contribution in [2.45, 2.75) is 83.3 Å². The van der Waals surface area contributed by atoms with Gasteiger partial charge in [-0.15, -0.1) is 0 Å². The van der Waals surface area contributed by atoms with Crippen LogP contribution >= 0.6 is 0 Å². The molecule has 0 spiro atoms. The van der Waals surface area contributed by atoms with E-state index in [1.54, 1.807) is 0 Å². The molecule has 1 rings (SSSR count). The summed E-state index contributed by atoms with van der Waals surface area (Å²) in [6, 6.07) is -0.828. The highest BCUT2D eigenvalue weighted by Gasteiger charge is 2.23. The molecule has 1 aliphatic carbocycles. The van der Waals surface area contributed by atoms with Gasteiger partial charge >= 0.3 is 12.1 Å². The maximum absolute atomic E-state index is 11.7. The molecule has 0 aromatic heterocycles. The summed E-state index contributed by atoms with van der Waals surface area (Å²) < 4.78 is 5.22. The fraction of sp³-hybridized carbons (Fsp3) is 0.867. The van der Waals surface area contributed by atoms with Crippen molar-refractivity contribution in [3.05, 3.63) is 0 Å². The highest BCUT2D eigenvalue weighted by atomic mass is 16.6. The average Bonchev–Trinajstić information content (AvgIpc) is 2.89. The Labute approximate surface area is 121 Å². The molecule has 5 heteroatoms. The molecule has 0 heterocycles. The van der Waals surface area contributed by atoms with Crippen LogP contribution in [-0.2, 0) is 9.53 Å². The van der Waals surface area contributed by atoms with Crippen molar-refractivity contribution in [3.63, 3.8) is 0 Å². The Hall–Kier alpha value is -1.26. The van der Waals surface area contributed by atoms with Crippen molar-refractivity contribution < 1.29 is 19.4 Å². The van der Waals surface area contributed by atoms with E-state index < -0.39 is 18.1 Å². The van der Waals surface area contributed by atoms with Gasteiger partial charge in [-0.25, -0.2) is 9.59 Å². The molecule has 1 atom stereocenters. The third-order valence-electron chi connectivity index (χ3n) is 3.76. The molecule has 0 aromatic carbocycles. The number of unbranched alkanes of at least 4 members (excludes halogenated alkanes) is 4. The van der Waals surface area contributed by atoms with Gasteiger partial charge in [0.15, 0.2) is 0 Å². The fourth-order valence-electron chi connectivity index (χ4n) is 2.54. The average molecular weight is 285 g/mol. The van der Waals surface area contributed by atoms with Gasteiger partial charge in [-0.05, 0) is 32.1 Å². The first-order valence-corrected chi connectivity index (χ1v) is 7.83. The number of rotatable bonds is 9. The number of aliphatic carboxylic acids is 1. The lowest BCUT2D eigenvalue weighted by atomic mass is 10.1. The molecule has 0 radical (unpaired) electrons. The van der Waals surface area contributed by atoms with Gasteiger partial charge in [0.25, 0.3) is 0 Å². The first-order chi connectivity index (χ1) is 9.63. The molecule has 0 saturated heterocycles. The summed E-state index contributed by atoms with van der Waals surface area (Å²) in [5, 5.41) is 11.6. The van der Waals surface area contributed by atoms with Gasteiger partial charge in [0.05, 0.1) is 0 Å². The minimum atomic E-state index is -0.983. The molecule has 1 amide bonds. The number of ether oxygens (including phenoxy) is 1. The van der Waals surface area contributed by atoms with Gasteiger partial charge in [0, 0.05) is 0 Å². The lowest BCUT2D eigenvalue weighted by Gasteiger charge is -2.17. The van der Waals surface area contributed by atoms with E-state index in [1.165, 1.54) is 6.42 Å². The van der Waals surface area contributed by atoms with Crippen LogP contribution in [0.25, 0.3) is 0 Å². The van der Waals surface area contributed by atoms with Gasteiger partial charge in [-0.1, -0.05) is 39.0 Å². The highest BCUT2D eigenvalue weighted by molar-refractivity contribution is 5.79. The van der Waals surface area contributed by atoms with Crippen LogP contribution in [-0.4, -0.2) is 29.3 Å². The number of hydrogen-bond donors (Lipinski definition) is 2. The largest absolute Gasteiger partial charge is 0.480 e. The molecular weight excluding hydrogens is 258 g/mol. The van der Waals surface area contributed by atoms with Crippen molar-refractivity contribution in [2.24, 2.45) is 0 Å². The highest BCUT2D eigenvalue weighted by Crippen LogP contribution is 2.21. The van der Waals surface area contributed by atoms with Crippen LogP contribution in [0.2, 0.25) is 0 Å². The van der Waals surface area contributed by atoms with Crippen LogP contribution in [0.15, 0.2) is 0 Å². The van der Waals surface area contributed by atoms with Gasteiger partial charge in [-0.3, -0.25) is 0 Å².